The van der Waals surface area contributed by atoms with Gasteiger partial charge in [-0.1, -0.05) is 25.4 Å². The highest BCUT2D eigenvalue weighted by Gasteiger charge is 2.04. The first-order chi connectivity index (χ1) is 6.65. The first kappa shape index (κ1) is 13.6. The van der Waals surface area contributed by atoms with E-state index in [1.54, 1.807) is 12.1 Å². The lowest BCUT2D eigenvalue weighted by Crippen LogP contribution is -1.93. The maximum absolute atomic E-state index is 11.0. The second kappa shape index (κ2) is 7.97. The van der Waals surface area contributed by atoms with Crippen LogP contribution in [0.15, 0.2) is 12.1 Å². The lowest BCUT2D eigenvalue weighted by atomic mass is 10.3. The lowest BCUT2D eigenvalue weighted by molar-refractivity contribution is 0.0992. The van der Waals surface area contributed by atoms with E-state index in [1.165, 1.54) is 11.3 Å². The molecule has 0 aliphatic carbocycles. The monoisotopic (exact) mass is 233 g/mol. The van der Waals surface area contributed by atoms with Gasteiger partial charge in [0, 0.05) is 6.42 Å². The van der Waals surface area contributed by atoms with Gasteiger partial charge in [-0.15, -0.1) is 11.3 Å². The summed E-state index contributed by atoms with van der Waals surface area (Å²) in [6.07, 6.45) is 1.65. The summed E-state index contributed by atoms with van der Waals surface area (Å²) in [5, 5.41) is 0. The summed E-state index contributed by atoms with van der Waals surface area (Å²) in [6, 6.07) is 3.51. The van der Waals surface area contributed by atoms with Crippen molar-refractivity contribution in [2.24, 2.45) is 5.73 Å². The van der Waals surface area contributed by atoms with Crippen LogP contribution in [0.1, 0.15) is 36.4 Å². The van der Waals surface area contributed by atoms with Gasteiger partial charge in [-0.25, -0.2) is 0 Å². The highest BCUT2D eigenvalue weighted by Crippen LogP contribution is 2.22. The molecule has 14 heavy (non-hydrogen) atoms. The molecule has 4 heteroatoms. The van der Waals surface area contributed by atoms with E-state index in [0.29, 0.717) is 10.8 Å². The number of halogens is 1. The van der Waals surface area contributed by atoms with Crippen LogP contribution in [0.3, 0.4) is 0 Å². The van der Waals surface area contributed by atoms with E-state index in [4.69, 9.17) is 17.3 Å². The molecular weight excluding hydrogens is 218 g/mol. The van der Waals surface area contributed by atoms with E-state index >= 15 is 0 Å². The van der Waals surface area contributed by atoms with Crippen LogP contribution in [0.4, 0.5) is 0 Å². The van der Waals surface area contributed by atoms with Gasteiger partial charge in [0.15, 0.2) is 5.78 Å². The molecule has 0 spiro atoms. The molecule has 80 valence electrons. The van der Waals surface area contributed by atoms with Gasteiger partial charge in [-0.2, -0.15) is 0 Å². The van der Waals surface area contributed by atoms with Gasteiger partial charge in [0.05, 0.1) is 9.21 Å². The average Bonchev–Trinajstić information content (AvgIpc) is 2.64. The van der Waals surface area contributed by atoms with Crippen molar-refractivity contribution in [3.8, 4) is 0 Å². The van der Waals surface area contributed by atoms with Crippen molar-refractivity contribution in [1.29, 1.82) is 0 Å². The molecule has 0 unspecified atom stereocenters. The molecule has 2 nitrogen and oxygen atoms in total. The lowest BCUT2D eigenvalue weighted by Gasteiger charge is -1.86. The van der Waals surface area contributed by atoms with Gasteiger partial charge in [0.2, 0.25) is 0 Å². The van der Waals surface area contributed by atoms with Gasteiger partial charge < -0.3 is 5.73 Å². The minimum Gasteiger partial charge on any atom is -0.330 e. The number of Topliss-reactive ketones (excluding diaryl/α,β-unsaturated/α-hetero) is 1. The summed E-state index contributed by atoms with van der Waals surface area (Å²) in [7, 11) is 0. The van der Waals surface area contributed by atoms with Crippen molar-refractivity contribution >= 4 is 28.7 Å². The standard InChI is InChI=1S/C7H7ClOS.C3H9N/c1-2-5(9)6-3-4-7(8)10-6;1-2-3-4/h3-4H,2H2,1H3;2-4H2,1H3. The number of ketones is 1. The average molecular weight is 234 g/mol. The first-order valence-corrected chi connectivity index (χ1v) is 5.83. The Kier molecular flexibility index (Phi) is 7.76. The number of hydrogen-bond acceptors (Lipinski definition) is 3. The summed E-state index contributed by atoms with van der Waals surface area (Å²) in [6.45, 7) is 4.72. The Morgan fingerprint density at radius 2 is 2.07 bits per heavy atom. The molecule has 0 bridgehead atoms. The zero-order valence-corrected chi connectivity index (χ0v) is 10.1. The van der Waals surface area contributed by atoms with Crippen LogP contribution in [-0.4, -0.2) is 12.3 Å². The molecule has 0 amide bonds. The number of hydrogen-bond donors (Lipinski definition) is 1. The topological polar surface area (TPSA) is 43.1 Å². The van der Waals surface area contributed by atoms with E-state index in [0.717, 1.165) is 17.8 Å². The smallest absolute Gasteiger partial charge is 0.172 e. The molecule has 0 aliphatic heterocycles. The van der Waals surface area contributed by atoms with Crippen LogP contribution >= 0.6 is 22.9 Å². The highest BCUT2D eigenvalue weighted by atomic mass is 35.5. The van der Waals surface area contributed by atoms with Crippen LogP contribution in [0.25, 0.3) is 0 Å². The Morgan fingerprint density at radius 1 is 1.50 bits per heavy atom. The number of carbonyl (C=O) groups excluding carboxylic acids is 1. The van der Waals surface area contributed by atoms with E-state index in [9.17, 15) is 4.79 Å². The second-order valence-electron chi connectivity index (χ2n) is 2.67. The van der Waals surface area contributed by atoms with Crippen molar-refractivity contribution in [3.63, 3.8) is 0 Å². The van der Waals surface area contributed by atoms with Crippen molar-refractivity contribution in [2.75, 3.05) is 6.54 Å². The van der Waals surface area contributed by atoms with E-state index < -0.39 is 0 Å². The normalized spacial score (nSPS) is 9.14. The molecule has 0 atom stereocenters. The zero-order valence-electron chi connectivity index (χ0n) is 8.55. The van der Waals surface area contributed by atoms with Crippen molar-refractivity contribution in [2.45, 2.75) is 26.7 Å². The number of thiophene rings is 1. The Bertz CT molecular complexity index is 271. The summed E-state index contributed by atoms with van der Waals surface area (Å²) in [4.78, 5) is 11.7. The third kappa shape index (κ3) is 5.37. The SMILES string of the molecule is CCC(=O)c1ccc(Cl)s1.CCCN. The third-order valence-electron chi connectivity index (χ3n) is 1.46. The molecule has 1 heterocycles. The Balaban J connectivity index is 0.000000364. The van der Waals surface area contributed by atoms with Crippen molar-refractivity contribution in [1.82, 2.24) is 0 Å². The molecular formula is C10H16ClNOS. The molecule has 1 rings (SSSR count). The van der Waals surface area contributed by atoms with Crippen LogP contribution in [0.2, 0.25) is 4.34 Å². The molecule has 0 radical (unpaired) electrons. The predicted octanol–water partition coefficient (Wildman–Crippen LogP) is 3.35. The first-order valence-electron chi connectivity index (χ1n) is 4.64. The second-order valence-corrected chi connectivity index (χ2v) is 4.38. The fourth-order valence-corrected chi connectivity index (χ4v) is 1.69. The summed E-state index contributed by atoms with van der Waals surface area (Å²) < 4.78 is 0.678. The van der Waals surface area contributed by atoms with Gasteiger partial charge in [0.25, 0.3) is 0 Å². The predicted molar refractivity (Wildman–Crippen MR) is 63.3 cm³/mol. The highest BCUT2D eigenvalue weighted by molar-refractivity contribution is 7.18. The van der Waals surface area contributed by atoms with E-state index in [1.807, 2.05) is 6.92 Å². The maximum atomic E-state index is 11.0. The molecule has 0 aromatic carbocycles. The Labute approximate surface area is 94.1 Å². The zero-order chi connectivity index (χ0) is 11.0. The van der Waals surface area contributed by atoms with Crippen molar-refractivity contribution in [3.05, 3.63) is 21.3 Å². The van der Waals surface area contributed by atoms with Gasteiger partial charge in [-0.3, -0.25) is 4.79 Å². The summed E-state index contributed by atoms with van der Waals surface area (Å²) in [5.41, 5.74) is 5.03. The molecule has 1 aromatic heterocycles. The quantitative estimate of drug-likeness (QED) is 0.814. The van der Waals surface area contributed by atoms with Crippen LogP contribution in [0, 0.1) is 0 Å². The molecule has 0 fully saturated rings. The summed E-state index contributed by atoms with van der Waals surface area (Å²) in [5.74, 6) is 0.164. The maximum Gasteiger partial charge on any atom is 0.172 e. The fourth-order valence-electron chi connectivity index (χ4n) is 0.638. The van der Waals surface area contributed by atoms with E-state index in [2.05, 4.69) is 6.92 Å². The Morgan fingerprint density at radius 3 is 2.36 bits per heavy atom. The molecule has 0 saturated carbocycles. The van der Waals surface area contributed by atoms with E-state index in [-0.39, 0.29) is 5.78 Å². The van der Waals surface area contributed by atoms with Crippen molar-refractivity contribution < 1.29 is 4.79 Å². The number of nitrogens with two attached hydrogens (primary N) is 1. The largest absolute Gasteiger partial charge is 0.330 e. The van der Waals surface area contributed by atoms with Crippen LogP contribution in [0.5, 0.6) is 0 Å². The van der Waals surface area contributed by atoms with Crippen LogP contribution in [-0.2, 0) is 0 Å². The van der Waals surface area contributed by atoms with Crippen LogP contribution < -0.4 is 5.73 Å². The van der Waals surface area contributed by atoms with Gasteiger partial charge in [0.1, 0.15) is 0 Å². The third-order valence-corrected chi connectivity index (χ3v) is 2.73. The molecule has 1 aromatic rings. The number of carbonyl (C=O) groups is 1. The summed E-state index contributed by atoms with van der Waals surface area (Å²) >= 11 is 6.96. The Hall–Kier alpha value is -0.380. The minimum atomic E-state index is 0.164. The van der Waals surface area contributed by atoms with Gasteiger partial charge in [-0.05, 0) is 25.1 Å². The molecule has 0 saturated heterocycles. The van der Waals surface area contributed by atoms with Gasteiger partial charge >= 0.3 is 0 Å². The molecule has 2 N–H and O–H groups in total. The molecule has 0 aliphatic rings. The fraction of sp³-hybridized carbons (Fsp3) is 0.500. The minimum absolute atomic E-state index is 0.164. The number of rotatable bonds is 3.